The number of benzene rings is 2. The van der Waals surface area contributed by atoms with Crippen molar-refractivity contribution in [1.82, 2.24) is 14.9 Å². The fraction of sp³-hybridized carbons (Fsp3) is 0.273. The summed E-state index contributed by atoms with van der Waals surface area (Å²) in [7, 11) is 0. The predicted octanol–water partition coefficient (Wildman–Crippen LogP) is 3.85. The number of carbonyl (C=O) groups excluding carboxylic acids is 1. The zero-order valence-electron chi connectivity index (χ0n) is 15.4. The highest BCUT2D eigenvalue weighted by molar-refractivity contribution is 6.30. The average Bonchev–Trinajstić information content (AvgIpc) is 3.40. The first kappa shape index (κ1) is 18.7. The van der Waals surface area contributed by atoms with Crippen LogP contribution in [0.15, 0.2) is 73.3 Å². The molecule has 144 valence electrons. The third-order valence-corrected chi connectivity index (χ3v) is 5.35. The van der Waals surface area contributed by atoms with Crippen LogP contribution in [0.4, 0.5) is 0 Å². The summed E-state index contributed by atoms with van der Waals surface area (Å²) < 4.78 is 7.79. The van der Waals surface area contributed by atoms with Crippen LogP contribution in [0.1, 0.15) is 23.6 Å². The Balaban J connectivity index is 1.54. The Hall–Kier alpha value is -2.63. The van der Waals surface area contributed by atoms with E-state index < -0.39 is 6.10 Å². The van der Waals surface area contributed by atoms with E-state index >= 15 is 0 Å². The Bertz CT molecular complexity index is 897. The Labute approximate surface area is 169 Å². The number of amides is 1. The fourth-order valence-electron chi connectivity index (χ4n) is 3.66. The van der Waals surface area contributed by atoms with Gasteiger partial charge in [-0.1, -0.05) is 54.1 Å². The number of ether oxygens (including phenoxy) is 1. The number of imidazole rings is 1. The first-order chi connectivity index (χ1) is 13.7. The van der Waals surface area contributed by atoms with Crippen LogP contribution in [0, 0.1) is 5.92 Å². The fourth-order valence-corrected chi connectivity index (χ4v) is 3.79. The Morgan fingerprint density at radius 1 is 1.18 bits per heavy atom. The summed E-state index contributed by atoms with van der Waals surface area (Å²) in [6.07, 6.45) is 5.81. The van der Waals surface area contributed by atoms with Crippen molar-refractivity contribution in [2.45, 2.75) is 25.1 Å². The number of hydrogen-bond donors (Lipinski definition) is 1. The molecule has 1 unspecified atom stereocenters. The second-order valence-electron chi connectivity index (χ2n) is 7.00. The van der Waals surface area contributed by atoms with Gasteiger partial charge in [-0.2, -0.15) is 0 Å². The molecule has 0 radical (unpaired) electrons. The molecule has 1 aliphatic rings. The highest BCUT2D eigenvalue weighted by Crippen LogP contribution is 2.27. The predicted molar refractivity (Wildman–Crippen MR) is 108 cm³/mol. The molecule has 1 N–H and O–H groups in total. The van der Waals surface area contributed by atoms with E-state index in [4.69, 9.17) is 16.3 Å². The largest absolute Gasteiger partial charge is 0.368 e. The molecule has 28 heavy (non-hydrogen) atoms. The molecule has 1 amide bonds. The van der Waals surface area contributed by atoms with E-state index in [9.17, 15) is 4.79 Å². The number of halogens is 1. The minimum atomic E-state index is -0.471. The van der Waals surface area contributed by atoms with Gasteiger partial charge in [-0.3, -0.25) is 4.79 Å². The smallest absolute Gasteiger partial charge is 0.250 e. The zero-order valence-corrected chi connectivity index (χ0v) is 16.1. The third kappa shape index (κ3) is 4.26. The lowest BCUT2D eigenvalue weighted by Gasteiger charge is -2.24. The summed E-state index contributed by atoms with van der Waals surface area (Å²) in [6.45, 7) is 1.31. The second-order valence-corrected chi connectivity index (χ2v) is 7.44. The van der Waals surface area contributed by atoms with Crippen molar-refractivity contribution in [3.8, 4) is 0 Å². The summed E-state index contributed by atoms with van der Waals surface area (Å²) in [5.41, 5.74) is 2.00. The molecular formula is C22H22ClN3O2. The summed E-state index contributed by atoms with van der Waals surface area (Å²) in [5, 5.41) is 3.86. The molecule has 1 aromatic heterocycles. The van der Waals surface area contributed by atoms with Gasteiger partial charge in [-0.05, 0) is 29.7 Å². The molecule has 3 atom stereocenters. The first-order valence-electron chi connectivity index (χ1n) is 9.39. The standard InChI is InChI=1S/C22H22ClN3O2/c23-19-8-6-17(7-9-19)20(16-4-2-1-3-5-16)25-22(27)21-18(10-13-28-21)14-26-12-11-24-15-26/h1-9,11-12,15,18,20-21H,10,13-14H2,(H,25,27)/t18-,20?,21-/m1/s1. The number of nitrogens with one attached hydrogen (secondary N) is 1. The van der Waals surface area contributed by atoms with Crippen molar-refractivity contribution >= 4 is 17.5 Å². The van der Waals surface area contributed by atoms with Gasteiger partial charge in [0, 0.05) is 36.5 Å². The maximum Gasteiger partial charge on any atom is 0.250 e. The van der Waals surface area contributed by atoms with Crippen molar-refractivity contribution in [1.29, 1.82) is 0 Å². The molecule has 2 heterocycles. The van der Waals surface area contributed by atoms with Crippen LogP contribution < -0.4 is 5.32 Å². The summed E-state index contributed by atoms with van der Waals surface area (Å²) >= 11 is 6.04. The van der Waals surface area contributed by atoms with E-state index in [0.717, 1.165) is 24.1 Å². The third-order valence-electron chi connectivity index (χ3n) is 5.10. The maximum absolute atomic E-state index is 13.1. The average molecular weight is 396 g/mol. The van der Waals surface area contributed by atoms with Gasteiger partial charge < -0.3 is 14.6 Å². The molecule has 0 bridgehead atoms. The molecule has 1 saturated heterocycles. The highest BCUT2D eigenvalue weighted by atomic mass is 35.5. The van der Waals surface area contributed by atoms with Gasteiger partial charge >= 0.3 is 0 Å². The van der Waals surface area contributed by atoms with Crippen molar-refractivity contribution in [2.75, 3.05) is 6.61 Å². The van der Waals surface area contributed by atoms with E-state index in [0.29, 0.717) is 11.6 Å². The molecule has 4 rings (SSSR count). The number of carbonyl (C=O) groups is 1. The van der Waals surface area contributed by atoms with Gasteiger partial charge in [0.1, 0.15) is 6.10 Å². The molecule has 0 spiro atoms. The molecular weight excluding hydrogens is 374 g/mol. The van der Waals surface area contributed by atoms with Crippen LogP contribution in [0.5, 0.6) is 0 Å². The van der Waals surface area contributed by atoms with Crippen molar-refractivity contribution < 1.29 is 9.53 Å². The minimum absolute atomic E-state index is 0.0913. The Morgan fingerprint density at radius 3 is 2.64 bits per heavy atom. The topological polar surface area (TPSA) is 56.1 Å². The molecule has 0 saturated carbocycles. The Morgan fingerprint density at radius 2 is 1.93 bits per heavy atom. The van der Waals surface area contributed by atoms with Crippen molar-refractivity contribution in [3.05, 3.63) is 89.5 Å². The Kier molecular flexibility index (Phi) is 5.74. The van der Waals surface area contributed by atoms with Crippen LogP contribution in [-0.4, -0.2) is 28.2 Å². The SMILES string of the molecule is O=C(NC(c1ccccc1)c1ccc(Cl)cc1)[C@@H]1OCC[C@@H]1Cn1ccnc1. The summed E-state index contributed by atoms with van der Waals surface area (Å²) in [4.78, 5) is 17.2. The van der Waals surface area contributed by atoms with Gasteiger partial charge in [-0.25, -0.2) is 4.98 Å². The number of aromatic nitrogens is 2. The normalized spacial score (nSPS) is 20.0. The van der Waals surface area contributed by atoms with Gasteiger partial charge in [0.2, 0.25) is 5.91 Å². The minimum Gasteiger partial charge on any atom is -0.368 e. The monoisotopic (exact) mass is 395 g/mol. The van der Waals surface area contributed by atoms with Crippen LogP contribution in [0.2, 0.25) is 5.02 Å². The van der Waals surface area contributed by atoms with E-state index in [1.165, 1.54) is 0 Å². The van der Waals surface area contributed by atoms with E-state index in [-0.39, 0.29) is 17.9 Å². The zero-order chi connectivity index (χ0) is 19.3. The van der Waals surface area contributed by atoms with Crippen molar-refractivity contribution in [3.63, 3.8) is 0 Å². The van der Waals surface area contributed by atoms with Crippen LogP contribution in [0.3, 0.4) is 0 Å². The molecule has 2 aromatic carbocycles. The van der Waals surface area contributed by atoms with Gasteiger partial charge in [0.25, 0.3) is 0 Å². The molecule has 3 aromatic rings. The quantitative estimate of drug-likeness (QED) is 0.689. The number of hydrogen-bond acceptors (Lipinski definition) is 3. The number of rotatable bonds is 6. The van der Waals surface area contributed by atoms with Crippen LogP contribution in [-0.2, 0) is 16.1 Å². The van der Waals surface area contributed by atoms with Gasteiger partial charge in [-0.15, -0.1) is 0 Å². The molecule has 0 aliphatic carbocycles. The lowest BCUT2D eigenvalue weighted by atomic mass is 9.96. The van der Waals surface area contributed by atoms with E-state index in [1.807, 2.05) is 65.4 Å². The summed E-state index contributed by atoms with van der Waals surface area (Å²) in [5.74, 6) is 0.0299. The van der Waals surface area contributed by atoms with Crippen LogP contribution in [0.25, 0.3) is 0 Å². The highest BCUT2D eigenvalue weighted by Gasteiger charge is 2.35. The molecule has 5 nitrogen and oxygen atoms in total. The lowest BCUT2D eigenvalue weighted by molar-refractivity contribution is -0.132. The molecule has 1 aliphatic heterocycles. The van der Waals surface area contributed by atoms with Gasteiger partial charge in [0.05, 0.1) is 12.4 Å². The van der Waals surface area contributed by atoms with Crippen molar-refractivity contribution in [2.24, 2.45) is 5.92 Å². The number of nitrogens with zero attached hydrogens (tertiary/aromatic N) is 2. The molecule has 1 fully saturated rings. The first-order valence-corrected chi connectivity index (χ1v) is 9.76. The van der Waals surface area contributed by atoms with E-state index in [2.05, 4.69) is 10.3 Å². The summed E-state index contributed by atoms with van der Waals surface area (Å²) in [6, 6.07) is 17.2. The lowest BCUT2D eigenvalue weighted by Crippen LogP contribution is -2.41. The molecule has 6 heteroatoms. The van der Waals surface area contributed by atoms with E-state index in [1.54, 1.807) is 12.5 Å². The van der Waals surface area contributed by atoms with Crippen LogP contribution >= 0.6 is 11.6 Å². The van der Waals surface area contributed by atoms with Gasteiger partial charge in [0.15, 0.2) is 0 Å². The maximum atomic E-state index is 13.1. The second kappa shape index (κ2) is 8.59.